The normalized spacial score (nSPS) is 16.2. The quantitative estimate of drug-likeness (QED) is 0.795. The summed E-state index contributed by atoms with van der Waals surface area (Å²) in [6.07, 6.45) is 7.59. The van der Waals surface area contributed by atoms with Crippen molar-refractivity contribution in [2.24, 2.45) is 0 Å². The van der Waals surface area contributed by atoms with Crippen LogP contribution < -0.4 is 0 Å². The number of halogens is 1. The number of piperidine rings is 1. The molecule has 0 unspecified atom stereocenters. The Balaban J connectivity index is 1.53. The van der Waals surface area contributed by atoms with Crippen molar-refractivity contribution >= 4 is 0 Å². The van der Waals surface area contributed by atoms with Gasteiger partial charge in [0.25, 0.3) is 0 Å². The number of aromatic amines is 1. The molecule has 3 aromatic rings. The summed E-state index contributed by atoms with van der Waals surface area (Å²) >= 11 is 0. The molecule has 0 amide bonds. The van der Waals surface area contributed by atoms with Gasteiger partial charge in [-0.2, -0.15) is 0 Å². The van der Waals surface area contributed by atoms with Gasteiger partial charge in [-0.05, 0) is 45.1 Å². The van der Waals surface area contributed by atoms with E-state index in [4.69, 9.17) is 0 Å². The van der Waals surface area contributed by atoms with E-state index in [1.165, 1.54) is 12.1 Å². The fourth-order valence-electron chi connectivity index (χ4n) is 3.22. The zero-order valence-electron chi connectivity index (χ0n) is 14.1. The molecule has 0 bridgehead atoms. The van der Waals surface area contributed by atoms with E-state index in [0.29, 0.717) is 17.3 Å². The molecule has 128 valence electrons. The van der Waals surface area contributed by atoms with Crippen LogP contribution in [0.4, 0.5) is 4.39 Å². The number of likely N-dealkylation sites (tertiary alicyclic amines) is 1. The first-order chi connectivity index (χ1) is 12.2. The molecule has 6 heteroatoms. The maximum absolute atomic E-state index is 13.3. The maximum Gasteiger partial charge on any atom is 0.159 e. The fraction of sp³-hybridized carbons (Fsp3) is 0.316. The SMILES string of the molecule is CN1CCC(c2ncc(-c3cnc(-c4cccc(F)c4)nc3)[nH]2)CC1. The lowest BCUT2D eigenvalue weighted by Crippen LogP contribution is -2.29. The van der Waals surface area contributed by atoms with Gasteiger partial charge in [-0.25, -0.2) is 19.3 Å². The molecule has 4 rings (SSSR count). The van der Waals surface area contributed by atoms with Gasteiger partial charge in [0, 0.05) is 29.4 Å². The van der Waals surface area contributed by atoms with Gasteiger partial charge in [-0.3, -0.25) is 0 Å². The van der Waals surface area contributed by atoms with Crippen LogP contribution in [0.25, 0.3) is 22.6 Å². The number of H-pyrrole nitrogens is 1. The van der Waals surface area contributed by atoms with E-state index in [-0.39, 0.29) is 5.82 Å². The number of aromatic nitrogens is 4. The summed E-state index contributed by atoms with van der Waals surface area (Å²) in [5.41, 5.74) is 2.47. The third-order valence-electron chi connectivity index (χ3n) is 4.75. The molecule has 1 aliphatic heterocycles. The van der Waals surface area contributed by atoms with Gasteiger partial charge in [0.05, 0.1) is 11.9 Å². The fourth-order valence-corrected chi connectivity index (χ4v) is 3.22. The van der Waals surface area contributed by atoms with E-state index in [0.717, 1.165) is 43.0 Å². The lowest BCUT2D eigenvalue weighted by molar-refractivity contribution is 0.251. The second-order valence-electron chi connectivity index (χ2n) is 6.57. The second-order valence-corrected chi connectivity index (χ2v) is 6.57. The highest BCUT2D eigenvalue weighted by molar-refractivity contribution is 5.60. The van der Waals surface area contributed by atoms with Crippen LogP contribution in [0, 0.1) is 5.82 Å². The smallest absolute Gasteiger partial charge is 0.159 e. The first-order valence-corrected chi connectivity index (χ1v) is 8.51. The first-order valence-electron chi connectivity index (χ1n) is 8.51. The van der Waals surface area contributed by atoms with E-state index in [1.54, 1.807) is 24.5 Å². The van der Waals surface area contributed by atoms with E-state index < -0.39 is 0 Å². The van der Waals surface area contributed by atoms with Crippen molar-refractivity contribution < 1.29 is 4.39 Å². The standard InChI is InChI=1S/C19H20FN5/c1-25-7-5-13(6-8-25)19-23-12-17(24-19)15-10-21-18(22-11-15)14-3-2-4-16(20)9-14/h2-4,9-13H,5-8H2,1H3,(H,23,24). The molecule has 1 saturated heterocycles. The summed E-state index contributed by atoms with van der Waals surface area (Å²) in [6.45, 7) is 2.21. The van der Waals surface area contributed by atoms with Crippen molar-refractivity contribution in [3.05, 3.63) is 54.5 Å². The maximum atomic E-state index is 13.3. The van der Waals surface area contributed by atoms with E-state index in [1.807, 2.05) is 6.20 Å². The van der Waals surface area contributed by atoms with Gasteiger partial charge >= 0.3 is 0 Å². The van der Waals surface area contributed by atoms with Crippen molar-refractivity contribution in [1.29, 1.82) is 0 Å². The van der Waals surface area contributed by atoms with Gasteiger partial charge in [0.15, 0.2) is 5.82 Å². The Labute approximate surface area is 146 Å². The van der Waals surface area contributed by atoms with Crippen LogP contribution in [0.15, 0.2) is 42.9 Å². The molecule has 25 heavy (non-hydrogen) atoms. The van der Waals surface area contributed by atoms with Crippen LogP contribution in [-0.2, 0) is 0 Å². The van der Waals surface area contributed by atoms with Crippen LogP contribution in [0.5, 0.6) is 0 Å². The Bertz CT molecular complexity index is 850. The molecule has 0 aliphatic carbocycles. The first kappa shape index (κ1) is 15.9. The Morgan fingerprint density at radius 3 is 2.52 bits per heavy atom. The zero-order chi connectivity index (χ0) is 17.2. The van der Waals surface area contributed by atoms with Crippen LogP contribution in [-0.4, -0.2) is 45.0 Å². The lowest BCUT2D eigenvalue weighted by Gasteiger charge is -2.27. The van der Waals surface area contributed by atoms with Gasteiger partial charge in [0.2, 0.25) is 0 Å². The van der Waals surface area contributed by atoms with Gasteiger partial charge < -0.3 is 9.88 Å². The van der Waals surface area contributed by atoms with E-state index >= 15 is 0 Å². The molecular formula is C19H20FN5. The number of benzene rings is 1. The minimum absolute atomic E-state index is 0.290. The average Bonchev–Trinajstić information content (AvgIpc) is 3.13. The Morgan fingerprint density at radius 1 is 1.04 bits per heavy atom. The van der Waals surface area contributed by atoms with Gasteiger partial charge in [-0.15, -0.1) is 0 Å². The Kier molecular flexibility index (Phi) is 4.28. The number of nitrogens with zero attached hydrogens (tertiary/aromatic N) is 4. The van der Waals surface area contributed by atoms with Gasteiger partial charge in [-0.1, -0.05) is 12.1 Å². The molecule has 2 aromatic heterocycles. The predicted molar refractivity (Wildman–Crippen MR) is 94.5 cm³/mol. The highest BCUT2D eigenvalue weighted by Crippen LogP contribution is 2.27. The summed E-state index contributed by atoms with van der Waals surface area (Å²) < 4.78 is 13.3. The zero-order valence-corrected chi connectivity index (χ0v) is 14.1. The van der Waals surface area contributed by atoms with E-state index in [9.17, 15) is 4.39 Å². The molecule has 1 N–H and O–H groups in total. The molecule has 1 aromatic carbocycles. The summed E-state index contributed by atoms with van der Waals surface area (Å²) in [4.78, 5) is 19.0. The number of rotatable bonds is 3. The van der Waals surface area contributed by atoms with Crippen LogP contribution in [0.3, 0.4) is 0 Å². The molecule has 5 nitrogen and oxygen atoms in total. The van der Waals surface area contributed by atoms with Crippen molar-refractivity contribution in [3.8, 4) is 22.6 Å². The third-order valence-corrected chi connectivity index (χ3v) is 4.75. The highest BCUT2D eigenvalue weighted by Gasteiger charge is 2.21. The summed E-state index contributed by atoms with van der Waals surface area (Å²) in [5, 5.41) is 0. The third kappa shape index (κ3) is 3.44. The van der Waals surface area contributed by atoms with Crippen molar-refractivity contribution in [2.75, 3.05) is 20.1 Å². The Hall–Kier alpha value is -2.60. The molecule has 3 heterocycles. The van der Waals surface area contributed by atoms with Crippen LogP contribution in [0.2, 0.25) is 0 Å². The summed E-state index contributed by atoms with van der Waals surface area (Å²) in [6, 6.07) is 6.30. The highest BCUT2D eigenvalue weighted by atomic mass is 19.1. The van der Waals surface area contributed by atoms with Crippen LogP contribution in [0.1, 0.15) is 24.6 Å². The number of hydrogen-bond donors (Lipinski definition) is 1. The number of nitrogens with one attached hydrogen (secondary N) is 1. The summed E-state index contributed by atoms with van der Waals surface area (Å²) in [5.74, 6) is 1.74. The molecule has 0 atom stereocenters. The lowest BCUT2D eigenvalue weighted by atomic mass is 9.96. The second kappa shape index (κ2) is 6.72. The topological polar surface area (TPSA) is 57.7 Å². The van der Waals surface area contributed by atoms with Crippen molar-refractivity contribution in [2.45, 2.75) is 18.8 Å². The summed E-state index contributed by atoms with van der Waals surface area (Å²) in [7, 11) is 2.15. The number of hydrogen-bond acceptors (Lipinski definition) is 4. The molecule has 1 aliphatic rings. The van der Waals surface area contributed by atoms with E-state index in [2.05, 4.69) is 31.9 Å². The molecule has 0 spiro atoms. The average molecular weight is 337 g/mol. The number of imidazole rings is 1. The van der Waals surface area contributed by atoms with Crippen LogP contribution >= 0.6 is 0 Å². The Morgan fingerprint density at radius 2 is 1.80 bits per heavy atom. The van der Waals surface area contributed by atoms with Crippen molar-refractivity contribution in [3.63, 3.8) is 0 Å². The predicted octanol–water partition coefficient (Wildman–Crippen LogP) is 3.48. The van der Waals surface area contributed by atoms with Gasteiger partial charge in [0.1, 0.15) is 11.6 Å². The molecular weight excluding hydrogens is 317 g/mol. The minimum atomic E-state index is -0.290. The molecule has 0 radical (unpaired) electrons. The molecule has 1 fully saturated rings. The van der Waals surface area contributed by atoms with Crippen molar-refractivity contribution in [1.82, 2.24) is 24.8 Å². The largest absolute Gasteiger partial charge is 0.342 e. The monoisotopic (exact) mass is 337 g/mol. The molecule has 0 saturated carbocycles. The minimum Gasteiger partial charge on any atom is -0.342 e.